The Morgan fingerprint density at radius 1 is 1.44 bits per heavy atom. The maximum absolute atomic E-state index is 13.3. The number of nitrogens with two attached hydrogens (primary N) is 1. The molecule has 2 aromatic rings. The minimum Gasteiger partial charge on any atom is -0.271 e. The fraction of sp³-hybridized carbons (Fsp3) is 0.231. The number of nitrogens with one attached hydrogen (secondary N) is 1. The zero-order valence-electron chi connectivity index (χ0n) is 9.91. The third kappa shape index (κ3) is 3.28. The Bertz CT molecular complexity index is 542. The summed E-state index contributed by atoms with van der Waals surface area (Å²) in [6.07, 6.45) is 0.687. The molecule has 0 fully saturated rings. The normalized spacial score (nSPS) is 12.7. The van der Waals surface area contributed by atoms with Crippen LogP contribution < -0.4 is 11.3 Å². The van der Waals surface area contributed by atoms with E-state index in [0.29, 0.717) is 6.42 Å². The molecule has 2 nitrogen and oxygen atoms in total. The average molecular weight is 376 g/mol. The summed E-state index contributed by atoms with van der Waals surface area (Å²) in [6, 6.07) is 6.99. The second-order valence-corrected chi connectivity index (χ2v) is 6.98. The highest BCUT2D eigenvalue weighted by molar-refractivity contribution is 14.1. The first kappa shape index (κ1) is 13.9. The summed E-state index contributed by atoms with van der Waals surface area (Å²) in [4.78, 5) is 0. The summed E-state index contributed by atoms with van der Waals surface area (Å²) in [7, 11) is 0. The lowest BCUT2D eigenvalue weighted by atomic mass is 9.98. The number of thiophene rings is 1. The van der Waals surface area contributed by atoms with Crippen LogP contribution in [0, 0.1) is 15.6 Å². The average Bonchev–Trinajstić information content (AvgIpc) is 2.77. The highest BCUT2D eigenvalue weighted by Gasteiger charge is 2.14. The highest BCUT2D eigenvalue weighted by Crippen LogP contribution is 2.25. The first-order valence-corrected chi connectivity index (χ1v) is 7.51. The van der Waals surface area contributed by atoms with Crippen LogP contribution >= 0.6 is 33.9 Å². The van der Waals surface area contributed by atoms with E-state index in [1.165, 1.54) is 8.95 Å². The first-order valence-electron chi connectivity index (χ1n) is 5.55. The number of hydrogen-bond donors (Lipinski definition) is 2. The molecule has 0 saturated heterocycles. The summed E-state index contributed by atoms with van der Waals surface area (Å²) in [6.45, 7) is 1.99. The van der Waals surface area contributed by atoms with Crippen LogP contribution in [-0.2, 0) is 6.42 Å². The Morgan fingerprint density at radius 3 is 2.83 bits per heavy atom. The largest absolute Gasteiger partial charge is 0.271 e. The van der Waals surface area contributed by atoms with Gasteiger partial charge in [-0.2, -0.15) is 0 Å². The van der Waals surface area contributed by atoms with Crippen LogP contribution in [-0.4, -0.2) is 0 Å². The Kier molecular flexibility index (Phi) is 4.71. The fourth-order valence-corrected chi connectivity index (χ4v) is 3.29. The summed E-state index contributed by atoms with van der Waals surface area (Å²) in [5, 5.41) is 2.08. The van der Waals surface area contributed by atoms with Crippen molar-refractivity contribution in [3.8, 4) is 0 Å². The first-order chi connectivity index (χ1) is 8.60. The highest BCUT2D eigenvalue weighted by atomic mass is 127. The molecule has 1 heterocycles. The van der Waals surface area contributed by atoms with E-state index >= 15 is 0 Å². The van der Waals surface area contributed by atoms with Crippen molar-refractivity contribution in [1.29, 1.82) is 0 Å². The molecule has 0 amide bonds. The van der Waals surface area contributed by atoms with Crippen LogP contribution in [0.2, 0.25) is 0 Å². The van der Waals surface area contributed by atoms with Crippen molar-refractivity contribution in [3.63, 3.8) is 0 Å². The molecule has 0 radical (unpaired) electrons. The molecule has 0 aliphatic carbocycles. The smallest absolute Gasteiger partial charge is 0.123 e. The minimum atomic E-state index is -0.203. The van der Waals surface area contributed by atoms with Crippen LogP contribution in [0.3, 0.4) is 0 Å². The maximum Gasteiger partial charge on any atom is 0.123 e. The van der Waals surface area contributed by atoms with Crippen molar-refractivity contribution in [2.24, 2.45) is 5.84 Å². The fourth-order valence-electron chi connectivity index (χ4n) is 1.86. The number of hydrazine groups is 1. The van der Waals surface area contributed by atoms with Crippen molar-refractivity contribution in [1.82, 2.24) is 5.43 Å². The van der Waals surface area contributed by atoms with Crippen LogP contribution in [0.5, 0.6) is 0 Å². The van der Waals surface area contributed by atoms with Gasteiger partial charge in [0.25, 0.3) is 0 Å². The van der Waals surface area contributed by atoms with Gasteiger partial charge in [0, 0.05) is 0 Å². The molecular formula is C13H14FIN2S. The van der Waals surface area contributed by atoms with E-state index in [-0.39, 0.29) is 11.9 Å². The molecule has 0 aliphatic heterocycles. The molecule has 3 N–H and O–H groups in total. The number of hydrogen-bond acceptors (Lipinski definition) is 3. The molecule has 1 aromatic heterocycles. The van der Waals surface area contributed by atoms with Crippen LogP contribution in [0.25, 0.3) is 0 Å². The van der Waals surface area contributed by atoms with Gasteiger partial charge in [0.2, 0.25) is 0 Å². The molecule has 18 heavy (non-hydrogen) atoms. The third-order valence-corrected chi connectivity index (χ3v) is 4.73. The predicted octanol–water partition coefficient (Wildman–Crippen LogP) is 3.55. The Hall–Kier alpha value is -0.500. The molecule has 1 unspecified atom stereocenters. The molecule has 0 bridgehead atoms. The van der Waals surface area contributed by atoms with Crippen molar-refractivity contribution in [2.45, 2.75) is 19.4 Å². The standard InChI is InChI=1S/C13H14FIN2S/c1-8-2-3-11(14)4-9(8)5-12(17-16)10-6-13(15)18-7-10/h2-4,6-7,12,17H,5,16H2,1H3. The topological polar surface area (TPSA) is 38.0 Å². The monoisotopic (exact) mass is 376 g/mol. The Balaban J connectivity index is 2.22. The molecular weight excluding hydrogens is 362 g/mol. The second kappa shape index (κ2) is 6.10. The third-order valence-electron chi connectivity index (χ3n) is 2.93. The Labute approximate surface area is 124 Å². The van der Waals surface area contributed by atoms with Gasteiger partial charge in [-0.1, -0.05) is 6.07 Å². The lowest BCUT2D eigenvalue weighted by Gasteiger charge is -2.16. The van der Waals surface area contributed by atoms with E-state index in [9.17, 15) is 4.39 Å². The number of halogens is 2. The number of aryl methyl sites for hydroxylation is 1. The molecule has 1 aromatic carbocycles. The van der Waals surface area contributed by atoms with E-state index in [4.69, 9.17) is 5.84 Å². The maximum atomic E-state index is 13.3. The molecule has 0 spiro atoms. The van der Waals surface area contributed by atoms with E-state index in [1.54, 1.807) is 23.5 Å². The van der Waals surface area contributed by atoms with Crippen LogP contribution in [0.1, 0.15) is 22.7 Å². The summed E-state index contributed by atoms with van der Waals surface area (Å²) in [5.74, 6) is 5.41. The van der Waals surface area contributed by atoms with Crippen LogP contribution in [0.15, 0.2) is 29.6 Å². The van der Waals surface area contributed by atoms with E-state index in [0.717, 1.165) is 16.7 Å². The van der Waals surface area contributed by atoms with Gasteiger partial charge in [-0.05, 0) is 76.2 Å². The van der Waals surface area contributed by atoms with Crippen molar-refractivity contribution in [2.75, 3.05) is 0 Å². The van der Waals surface area contributed by atoms with Crippen molar-refractivity contribution < 1.29 is 4.39 Å². The molecule has 1 atom stereocenters. The van der Waals surface area contributed by atoms with Gasteiger partial charge in [-0.25, -0.2) is 4.39 Å². The summed E-state index contributed by atoms with van der Waals surface area (Å²) >= 11 is 3.97. The van der Waals surface area contributed by atoms with Gasteiger partial charge in [0.1, 0.15) is 5.82 Å². The lowest BCUT2D eigenvalue weighted by molar-refractivity contribution is 0.548. The van der Waals surface area contributed by atoms with Crippen LogP contribution in [0.4, 0.5) is 4.39 Å². The molecule has 5 heteroatoms. The predicted molar refractivity (Wildman–Crippen MR) is 81.9 cm³/mol. The van der Waals surface area contributed by atoms with E-state index in [2.05, 4.69) is 39.5 Å². The molecule has 0 saturated carbocycles. The Morgan fingerprint density at radius 2 is 2.22 bits per heavy atom. The van der Waals surface area contributed by atoms with Gasteiger partial charge >= 0.3 is 0 Å². The second-order valence-electron chi connectivity index (χ2n) is 4.18. The minimum absolute atomic E-state index is 0.0188. The number of rotatable bonds is 4. The lowest BCUT2D eigenvalue weighted by Crippen LogP contribution is -2.29. The van der Waals surface area contributed by atoms with E-state index < -0.39 is 0 Å². The van der Waals surface area contributed by atoms with Gasteiger partial charge < -0.3 is 0 Å². The molecule has 2 rings (SSSR count). The zero-order valence-corrected chi connectivity index (χ0v) is 12.9. The summed E-state index contributed by atoms with van der Waals surface area (Å²) in [5.41, 5.74) is 6.03. The molecule has 0 aliphatic rings. The van der Waals surface area contributed by atoms with Gasteiger partial charge in [-0.15, -0.1) is 11.3 Å². The van der Waals surface area contributed by atoms with Gasteiger partial charge in [0.15, 0.2) is 0 Å². The zero-order chi connectivity index (χ0) is 13.1. The van der Waals surface area contributed by atoms with Gasteiger partial charge in [-0.3, -0.25) is 11.3 Å². The molecule has 96 valence electrons. The SMILES string of the molecule is Cc1ccc(F)cc1CC(NN)c1csc(I)c1. The number of benzene rings is 1. The van der Waals surface area contributed by atoms with Crippen molar-refractivity contribution in [3.05, 3.63) is 55.0 Å². The van der Waals surface area contributed by atoms with Gasteiger partial charge in [0.05, 0.1) is 8.93 Å². The van der Waals surface area contributed by atoms with Crippen molar-refractivity contribution >= 4 is 33.9 Å². The summed E-state index contributed by atoms with van der Waals surface area (Å²) < 4.78 is 14.5. The quantitative estimate of drug-likeness (QED) is 0.487. The van der Waals surface area contributed by atoms with E-state index in [1.807, 2.05) is 6.92 Å².